The molecule has 0 unspecified atom stereocenters. The lowest BCUT2D eigenvalue weighted by Gasteiger charge is -2.24. The predicted molar refractivity (Wildman–Crippen MR) is 116 cm³/mol. The highest BCUT2D eigenvalue weighted by molar-refractivity contribution is 7.89. The molecule has 170 valence electrons. The molecular weight excluding hydrogens is 400 g/mol. The molecule has 0 radical (unpaired) electrons. The average molecular weight is 443 g/mol. The highest BCUT2D eigenvalue weighted by atomic mass is 32.2. The van der Waals surface area contributed by atoms with Gasteiger partial charge in [-0.05, 0) is 49.4 Å². The summed E-state index contributed by atoms with van der Waals surface area (Å²) < 4.78 is 49.9. The summed E-state index contributed by atoms with van der Waals surface area (Å²) >= 11 is 0. The molecule has 0 spiro atoms. The van der Waals surface area contributed by atoms with Crippen LogP contribution in [0.1, 0.15) is 85.5 Å². The molecule has 0 atom stereocenters. The van der Waals surface area contributed by atoms with Crippen LogP contribution in [0.25, 0.3) is 0 Å². The van der Waals surface area contributed by atoms with Crippen molar-refractivity contribution in [3.63, 3.8) is 0 Å². The molecule has 0 saturated carbocycles. The molecule has 0 rings (SSSR count). The summed E-state index contributed by atoms with van der Waals surface area (Å²) in [7, 11) is -6.77. The zero-order valence-electron chi connectivity index (χ0n) is 18.2. The van der Waals surface area contributed by atoms with Crippen LogP contribution in [-0.4, -0.2) is 41.6 Å². The lowest BCUT2D eigenvalue weighted by molar-refractivity contribution is 0.120. The van der Waals surface area contributed by atoms with Gasteiger partial charge >= 0.3 is 0 Å². The standard InChI is InChI=1S/C19H42N2O5S2/c1-18(2,12-7-10-16-27(20,22)23)11-5-8-14-26-15-9-6-13-19(3,4)17-28(21,24)25/h5-17H2,1-4H3,(H2,20,22,23)(H2,21,24,25). The normalized spacial score (nSPS) is 13.8. The third kappa shape index (κ3) is 19.1. The van der Waals surface area contributed by atoms with Crippen LogP contribution in [0.4, 0.5) is 0 Å². The fraction of sp³-hybridized carbons (Fsp3) is 1.00. The van der Waals surface area contributed by atoms with Gasteiger partial charge < -0.3 is 4.74 Å². The van der Waals surface area contributed by atoms with Gasteiger partial charge in [-0.1, -0.05) is 47.0 Å². The number of rotatable bonds is 17. The van der Waals surface area contributed by atoms with Crippen molar-refractivity contribution >= 4 is 20.0 Å². The molecule has 0 aromatic carbocycles. The lowest BCUT2D eigenvalue weighted by Crippen LogP contribution is -2.29. The van der Waals surface area contributed by atoms with E-state index < -0.39 is 20.0 Å². The van der Waals surface area contributed by atoms with Crippen molar-refractivity contribution in [1.82, 2.24) is 0 Å². The topological polar surface area (TPSA) is 130 Å². The first-order valence-electron chi connectivity index (χ1n) is 10.2. The molecule has 28 heavy (non-hydrogen) atoms. The van der Waals surface area contributed by atoms with Gasteiger partial charge in [-0.15, -0.1) is 0 Å². The Morgan fingerprint density at radius 2 is 1.07 bits per heavy atom. The van der Waals surface area contributed by atoms with E-state index in [1.165, 1.54) is 0 Å². The highest BCUT2D eigenvalue weighted by Crippen LogP contribution is 2.29. The SMILES string of the molecule is CC(C)(CCCCOCCCCC(C)(C)CS(N)(=O)=O)CCCCS(N)(=O)=O. The molecule has 0 bridgehead atoms. The van der Waals surface area contributed by atoms with Gasteiger partial charge in [0.25, 0.3) is 0 Å². The summed E-state index contributed by atoms with van der Waals surface area (Å²) in [5.41, 5.74) is -0.0965. The van der Waals surface area contributed by atoms with Crippen LogP contribution in [0.3, 0.4) is 0 Å². The van der Waals surface area contributed by atoms with Crippen LogP contribution in [0.15, 0.2) is 0 Å². The number of hydrogen-bond acceptors (Lipinski definition) is 5. The van der Waals surface area contributed by atoms with Crippen LogP contribution in [-0.2, 0) is 24.8 Å². The molecular formula is C19H42N2O5S2. The average Bonchev–Trinajstić information content (AvgIpc) is 2.46. The van der Waals surface area contributed by atoms with Gasteiger partial charge in [0.1, 0.15) is 0 Å². The van der Waals surface area contributed by atoms with Gasteiger partial charge in [-0.2, -0.15) is 0 Å². The number of unbranched alkanes of at least 4 members (excludes halogenated alkanes) is 3. The Balaban J connectivity index is 3.67. The van der Waals surface area contributed by atoms with Crippen LogP contribution < -0.4 is 10.3 Å². The Labute approximate surface area is 173 Å². The van der Waals surface area contributed by atoms with E-state index in [2.05, 4.69) is 13.8 Å². The Kier molecular flexibility index (Phi) is 12.4. The summed E-state index contributed by atoms with van der Waals surface area (Å²) in [6.07, 6.45) is 8.34. The molecule has 9 heteroatoms. The summed E-state index contributed by atoms with van der Waals surface area (Å²) in [6, 6.07) is 0. The fourth-order valence-electron chi connectivity index (χ4n) is 3.37. The van der Waals surface area contributed by atoms with E-state index in [0.717, 1.165) is 58.0 Å². The quantitative estimate of drug-likeness (QED) is 0.334. The zero-order valence-corrected chi connectivity index (χ0v) is 19.8. The Hall–Kier alpha value is -0.220. The third-order valence-corrected chi connectivity index (χ3v) is 6.95. The second kappa shape index (κ2) is 12.5. The van der Waals surface area contributed by atoms with Crippen LogP contribution in [0.5, 0.6) is 0 Å². The first kappa shape index (κ1) is 27.8. The lowest BCUT2D eigenvalue weighted by atomic mass is 9.82. The van der Waals surface area contributed by atoms with Crippen LogP contribution in [0.2, 0.25) is 0 Å². The van der Waals surface area contributed by atoms with Gasteiger partial charge in [-0.25, -0.2) is 27.1 Å². The molecule has 7 nitrogen and oxygen atoms in total. The monoisotopic (exact) mass is 442 g/mol. The largest absolute Gasteiger partial charge is 0.381 e. The molecule has 0 aromatic rings. The maximum absolute atomic E-state index is 11.2. The van der Waals surface area contributed by atoms with Crippen molar-refractivity contribution in [2.45, 2.75) is 85.5 Å². The number of primary sulfonamides is 2. The zero-order chi connectivity index (χ0) is 21.9. The Bertz CT molecular complexity index is 629. The first-order valence-corrected chi connectivity index (χ1v) is 13.6. The van der Waals surface area contributed by atoms with Gasteiger partial charge in [0.2, 0.25) is 20.0 Å². The minimum Gasteiger partial charge on any atom is -0.381 e. The molecule has 4 N–H and O–H groups in total. The van der Waals surface area contributed by atoms with E-state index in [-0.39, 0.29) is 22.3 Å². The van der Waals surface area contributed by atoms with E-state index in [1.54, 1.807) is 0 Å². The molecule has 0 aliphatic carbocycles. The summed E-state index contributed by atoms with van der Waals surface area (Å²) in [5.74, 6) is 0.0782. The van der Waals surface area contributed by atoms with Crippen LogP contribution in [0, 0.1) is 10.8 Å². The number of hydrogen-bond donors (Lipinski definition) is 2. The van der Waals surface area contributed by atoms with Crippen molar-refractivity contribution in [3.8, 4) is 0 Å². The Morgan fingerprint density at radius 1 is 0.643 bits per heavy atom. The van der Waals surface area contributed by atoms with E-state index in [9.17, 15) is 16.8 Å². The molecule has 0 amide bonds. The molecule has 0 aliphatic heterocycles. The van der Waals surface area contributed by atoms with Gasteiger partial charge in [-0.3, -0.25) is 0 Å². The first-order chi connectivity index (χ1) is 12.6. The van der Waals surface area contributed by atoms with Crippen molar-refractivity contribution < 1.29 is 21.6 Å². The van der Waals surface area contributed by atoms with Crippen molar-refractivity contribution in [3.05, 3.63) is 0 Å². The van der Waals surface area contributed by atoms with Crippen LogP contribution >= 0.6 is 0 Å². The molecule has 0 aliphatic rings. The fourth-order valence-corrected chi connectivity index (χ4v) is 5.21. The molecule has 0 fully saturated rings. The molecule has 0 heterocycles. The highest BCUT2D eigenvalue weighted by Gasteiger charge is 2.23. The minimum absolute atomic E-state index is 0.0126. The van der Waals surface area contributed by atoms with Gasteiger partial charge in [0, 0.05) is 13.2 Å². The van der Waals surface area contributed by atoms with E-state index in [0.29, 0.717) is 13.0 Å². The number of ether oxygens (including phenoxy) is 1. The van der Waals surface area contributed by atoms with Crippen molar-refractivity contribution in [2.75, 3.05) is 24.7 Å². The smallest absolute Gasteiger partial charge is 0.209 e. The molecule has 0 saturated heterocycles. The predicted octanol–water partition coefficient (Wildman–Crippen LogP) is 3.14. The van der Waals surface area contributed by atoms with Gasteiger partial charge in [0.05, 0.1) is 11.5 Å². The van der Waals surface area contributed by atoms with Crippen molar-refractivity contribution in [1.29, 1.82) is 0 Å². The van der Waals surface area contributed by atoms with Crippen molar-refractivity contribution in [2.24, 2.45) is 21.1 Å². The summed E-state index contributed by atoms with van der Waals surface area (Å²) in [4.78, 5) is 0. The number of nitrogens with two attached hydrogens (primary N) is 2. The summed E-state index contributed by atoms with van der Waals surface area (Å²) in [5, 5.41) is 10.1. The maximum Gasteiger partial charge on any atom is 0.209 e. The van der Waals surface area contributed by atoms with E-state index >= 15 is 0 Å². The van der Waals surface area contributed by atoms with Gasteiger partial charge in [0.15, 0.2) is 0 Å². The second-order valence-corrected chi connectivity index (χ2v) is 12.8. The summed E-state index contributed by atoms with van der Waals surface area (Å²) in [6.45, 7) is 9.72. The second-order valence-electron chi connectivity index (χ2n) is 9.49. The molecule has 0 aromatic heterocycles. The Morgan fingerprint density at radius 3 is 1.50 bits per heavy atom. The minimum atomic E-state index is -3.43. The van der Waals surface area contributed by atoms with E-state index in [4.69, 9.17) is 15.0 Å². The maximum atomic E-state index is 11.2. The number of sulfonamides is 2. The third-order valence-electron chi connectivity index (χ3n) is 4.91. The van der Waals surface area contributed by atoms with E-state index in [1.807, 2.05) is 13.8 Å².